The number of carbonyl (C=O) groups excluding carboxylic acids is 4. The molecule has 0 radical (unpaired) electrons. The first-order chi connectivity index (χ1) is 25.1. The van der Waals surface area contributed by atoms with Gasteiger partial charge in [-0.05, 0) is 66.7 Å². The molecule has 4 N–H and O–H groups in total. The maximum Gasteiger partial charge on any atom is 0.328 e. The van der Waals surface area contributed by atoms with Crippen molar-refractivity contribution in [2.75, 3.05) is 43.5 Å². The number of aliphatic hydroxyl groups excluding tert-OH is 2. The van der Waals surface area contributed by atoms with E-state index in [0.29, 0.717) is 50.5 Å². The number of halogens is 2. The summed E-state index contributed by atoms with van der Waals surface area (Å²) in [7, 11) is 1.24. The molecule has 12 nitrogen and oxygen atoms in total. The number of ketones is 1. The molecular weight excluding hydrogens is 727 g/mol. The zero-order valence-electron chi connectivity index (χ0n) is 30.7. The molecule has 4 aliphatic carbocycles. The molecule has 292 valence electrons. The molecule has 14 heteroatoms. The van der Waals surface area contributed by atoms with Crippen molar-refractivity contribution in [2.24, 2.45) is 34.0 Å². The van der Waals surface area contributed by atoms with Crippen molar-refractivity contribution in [2.45, 2.75) is 95.4 Å². The quantitative estimate of drug-likeness (QED) is 0.124. The van der Waals surface area contributed by atoms with Crippen molar-refractivity contribution in [3.8, 4) is 0 Å². The van der Waals surface area contributed by atoms with Crippen LogP contribution in [0.2, 0.25) is 0 Å². The van der Waals surface area contributed by atoms with Gasteiger partial charge in [0, 0.05) is 67.1 Å². The van der Waals surface area contributed by atoms with Crippen LogP contribution in [0.5, 0.6) is 0 Å². The largest absolute Gasteiger partial charge is 0.467 e. The first-order valence-electron chi connectivity index (χ1n) is 18.6. The number of hydrogen-bond acceptors (Lipinski definition) is 11. The maximum absolute atomic E-state index is 14.3. The molecule has 6 fully saturated rings. The normalized spacial score (nSPS) is 35.5. The Morgan fingerprint density at radius 1 is 1.08 bits per heavy atom. The van der Waals surface area contributed by atoms with E-state index in [2.05, 4.69) is 16.8 Å². The molecule has 7 rings (SSSR count). The minimum atomic E-state index is -2.35. The second kappa shape index (κ2) is 15.1. The highest BCUT2D eigenvalue weighted by molar-refractivity contribution is 6.18. The van der Waals surface area contributed by atoms with Crippen LogP contribution < -0.4 is 10.2 Å². The van der Waals surface area contributed by atoms with Gasteiger partial charge < -0.3 is 39.7 Å². The number of ether oxygens (including phenoxy) is 3. The zero-order valence-corrected chi connectivity index (χ0v) is 32.2. The van der Waals surface area contributed by atoms with E-state index in [1.54, 1.807) is 0 Å². The van der Waals surface area contributed by atoms with Crippen molar-refractivity contribution >= 4 is 52.5 Å². The van der Waals surface area contributed by atoms with Crippen LogP contribution in [0.15, 0.2) is 36.4 Å². The van der Waals surface area contributed by atoms with Crippen molar-refractivity contribution in [3.05, 3.63) is 42.0 Å². The van der Waals surface area contributed by atoms with Crippen LogP contribution in [0, 0.1) is 34.0 Å². The third kappa shape index (κ3) is 6.29. The van der Waals surface area contributed by atoms with Crippen molar-refractivity contribution in [3.63, 3.8) is 0 Å². The van der Waals surface area contributed by atoms with E-state index in [4.69, 9.17) is 37.4 Å². The monoisotopic (exact) mass is 778 g/mol. The molecule has 2 spiro atoms. The Bertz CT molecular complexity index is 1600. The number of nitrogens with zero attached hydrogens (tertiary/aromatic N) is 1. The number of benzene rings is 1. The van der Waals surface area contributed by atoms with E-state index in [1.165, 1.54) is 7.11 Å². The van der Waals surface area contributed by atoms with Gasteiger partial charge in [-0.25, -0.2) is 4.79 Å². The van der Waals surface area contributed by atoms with E-state index in [9.17, 15) is 34.5 Å². The number of rotatable bonds is 14. The molecule has 2 heterocycles. The van der Waals surface area contributed by atoms with Crippen molar-refractivity contribution in [1.82, 2.24) is 5.32 Å². The van der Waals surface area contributed by atoms with Gasteiger partial charge in [-0.2, -0.15) is 0 Å². The van der Waals surface area contributed by atoms with Crippen LogP contribution in [0.1, 0.15) is 64.4 Å². The molecule has 53 heavy (non-hydrogen) atoms. The molecule has 0 aromatic heterocycles. The Labute approximate surface area is 320 Å². The molecule has 1 amide bonds. The number of aliphatic hydroxyl groups is 3. The number of hydrogen-bond donors (Lipinski definition) is 4. The predicted octanol–water partition coefficient (Wildman–Crippen LogP) is 3.28. The summed E-state index contributed by atoms with van der Waals surface area (Å²) in [4.78, 5) is 55.5. The number of Topliss-reactive ketones (excluding diaryl/α,β-unsaturated/α-hetero) is 1. The van der Waals surface area contributed by atoms with Gasteiger partial charge in [-0.15, -0.1) is 23.2 Å². The first-order valence-corrected chi connectivity index (χ1v) is 19.7. The Hall–Kier alpha value is -2.74. The summed E-state index contributed by atoms with van der Waals surface area (Å²) in [5.41, 5.74) is -1.39. The van der Waals surface area contributed by atoms with Crippen LogP contribution in [0.3, 0.4) is 0 Å². The Balaban J connectivity index is 1.12. The van der Waals surface area contributed by atoms with E-state index in [1.807, 2.05) is 38.1 Å². The molecule has 0 unspecified atom stereocenters. The molecule has 2 saturated heterocycles. The van der Waals surface area contributed by atoms with Gasteiger partial charge in [-0.3, -0.25) is 14.4 Å². The lowest BCUT2D eigenvalue weighted by Gasteiger charge is -2.74. The first kappa shape index (κ1) is 39.9. The molecule has 4 saturated carbocycles. The molecule has 2 aliphatic heterocycles. The summed E-state index contributed by atoms with van der Waals surface area (Å²) < 4.78 is 17.1. The average molecular weight is 780 g/mol. The van der Waals surface area contributed by atoms with Gasteiger partial charge in [0.1, 0.15) is 23.7 Å². The minimum Gasteiger partial charge on any atom is -0.467 e. The molecule has 1 aromatic carbocycles. The molecular formula is C39H52Cl2N2O10. The number of alkyl halides is 2. The number of esters is 2. The van der Waals surface area contributed by atoms with Gasteiger partial charge in [0.25, 0.3) is 0 Å². The van der Waals surface area contributed by atoms with Gasteiger partial charge in [0.05, 0.1) is 19.8 Å². The Kier molecular flexibility index (Phi) is 11.4. The van der Waals surface area contributed by atoms with Gasteiger partial charge >= 0.3 is 11.9 Å². The highest BCUT2D eigenvalue weighted by Gasteiger charge is 2.87. The maximum atomic E-state index is 14.3. The van der Waals surface area contributed by atoms with Crippen LogP contribution >= 0.6 is 23.2 Å². The van der Waals surface area contributed by atoms with Crippen LogP contribution in [0.25, 0.3) is 0 Å². The standard InChI is InChI=1S/C39H52Cl2N2O10/c1-22-25-12-13-27-37-21-52-39(50,33(48)31(37)36(2,3)15-14-28(37)44)38(27,32(22)47)34(25)53-30(46)7-5-6-29(45)42-26(35(49)51-4)20-23-8-10-24(11-9-23)43(18-16-40)19-17-41/h8-11,25-28,31,33-34,44,48,50H,1,5-7,12-21H2,2-4H3,(H,42,45)/t25-,26-,27-,28-,31+,33-,34+,37+,38-,39-/m0/s1. The van der Waals surface area contributed by atoms with E-state index < -0.39 is 87.8 Å². The summed E-state index contributed by atoms with van der Waals surface area (Å²) in [5.74, 6) is -5.49. The summed E-state index contributed by atoms with van der Waals surface area (Å²) in [5, 5.41) is 38.6. The van der Waals surface area contributed by atoms with Gasteiger partial charge in [0.2, 0.25) is 11.7 Å². The lowest BCUT2D eigenvalue weighted by molar-refractivity contribution is -0.458. The fourth-order valence-corrected chi connectivity index (χ4v) is 11.3. The van der Waals surface area contributed by atoms with Crippen LogP contribution in [-0.4, -0.2) is 108 Å². The fraction of sp³-hybridized carbons (Fsp3) is 0.692. The third-order valence-corrected chi connectivity index (χ3v) is 13.5. The zero-order chi connectivity index (χ0) is 38.5. The van der Waals surface area contributed by atoms with E-state index >= 15 is 0 Å². The predicted molar refractivity (Wildman–Crippen MR) is 196 cm³/mol. The molecule has 10 atom stereocenters. The third-order valence-electron chi connectivity index (χ3n) is 13.2. The Morgan fingerprint density at radius 3 is 2.40 bits per heavy atom. The number of anilines is 1. The second-order valence-electron chi connectivity index (χ2n) is 16.2. The molecule has 6 aliphatic rings. The number of amides is 1. The van der Waals surface area contributed by atoms with Crippen molar-refractivity contribution in [1.29, 1.82) is 0 Å². The lowest BCUT2D eigenvalue weighted by atomic mass is 9.35. The molecule has 4 bridgehead atoms. The topological polar surface area (TPSA) is 172 Å². The second-order valence-corrected chi connectivity index (χ2v) is 16.9. The van der Waals surface area contributed by atoms with E-state index in [0.717, 1.165) is 11.3 Å². The number of nitrogens with one attached hydrogen (secondary N) is 1. The highest BCUT2D eigenvalue weighted by Crippen LogP contribution is 2.76. The molecule has 1 aromatic rings. The van der Waals surface area contributed by atoms with Crippen LogP contribution in [-0.2, 0) is 39.8 Å². The van der Waals surface area contributed by atoms with Crippen molar-refractivity contribution < 1.29 is 48.7 Å². The number of methoxy groups -OCH3 is 1. The summed E-state index contributed by atoms with van der Waals surface area (Å²) in [6.45, 7) is 9.29. The average Bonchev–Trinajstić information content (AvgIpc) is 3.23. The fourth-order valence-electron chi connectivity index (χ4n) is 10.9. The summed E-state index contributed by atoms with van der Waals surface area (Å²) >= 11 is 11.9. The smallest absolute Gasteiger partial charge is 0.328 e. The van der Waals surface area contributed by atoms with E-state index in [-0.39, 0.29) is 37.9 Å². The summed E-state index contributed by atoms with van der Waals surface area (Å²) in [6, 6.07) is 6.56. The Morgan fingerprint density at radius 2 is 1.75 bits per heavy atom. The lowest BCUT2D eigenvalue weighted by Crippen LogP contribution is -2.85. The number of carbonyl (C=O) groups is 4. The number of fused-ring (bicyclic) bond motifs is 2. The summed E-state index contributed by atoms with van der Waals surface area (Å²) in [6.07, 6.45) is -1.59. The van der Waals surface area contributed by atoms with Gasteiger partial charge in [-0.1, -0.05) is 32.6 Å². The van der Waals surface area contributed by atoms with Gasteiger partial charge in [0.15, 0.2) is 5.78 Å². The minimum absolute atomic E-state index is 0.0257. The SMILES string of the molecule is C=C1C(=O)[C@]23[C@H](OC(=O)CCCC(=O)N[C@@H](Cc4ccc(N(CCCl)CCCl)cc4)C(=O)OC)[C@H]1CC[C@H]2[C@@]12CO[C@@]3(O)[C@@H](O)[C@@H]1C(C)(C)CC[C@@H]2O. The van der Waals surface area contributed by atoms with Crippen LogP contribution in [0.4, 0.5) is 5.69 Å². The highest BCUT2D eigenvalue weighted by atomic mass is 35.5.